The number of hydrogen-bond donors (Lipinski definition) is 1. The second-order valence-corrected chi connectivity index (χ2v) is 4.16. The van der Waals surface area contributed by atoms with Crippen LogP contribution in [-0.2, 0) is 14.2 Å². The molecule has 0 aromatic carbocycles. The van der Waals surface area contributed by atoms with Crippen molar-refractivity contribution in [2.45, 2.75) is 13.0 Å². The first-order valence-corrected chi connectivity index (χ1v) is 6.47. The van der Waals surface area contributed by atoms with Crippen LogP contribution in [0.5, 0.6) is 0 Å². The Morgan fingerprint density at radius 2 is 1.71 bits per heavy atom. The molecule has 0 aromatic rings. The molecular weight excluding hydrogens is 220 g/mol. The molecule has 0 aromatic heterocycles. The standard InChI is InChI=1S/C12H26N2O3/c1-3-14(12-10-13-11-12)4-5-16-8-9-17-7-6-15-2/h12-13H,3-11H2,1-2H3. The Balaban J connectivity index is 1.85. The van der Waals surface area contributed by atoms with E-state index in [1.54, 1.807) is 7.11 Å². The monoisotopic (exact) mass is 246 g/mol. The molecule has 0 bridgehead atoms. The van der Waals surface area contributed by atoms with Crippen LogP contribution in [0.25, 0.3) is 0 Å². The van der Waals surface area contributed by atoms with Gasteiger partial charge in [-0.1, -0.05) is 6.92 Å². The number of rotatable bonds is 11. The van der Waals surface area contributed by atoms with Crippen molar-refractivity contribution >= 4 is 0 Å². The number of nitrogens with one attached hydrogen (secondary N) is 1. The van der Waals surface area contributed by atoms with Gasteiger partial charge >= 0.3 is 0 Å². The van der Waals surface area contributed by atoms with Gasteiger partial charge in [0.1, 0.15) is 0 Å². The first-order chi connectivity index (χ1) is 8.38. The van der Waals surface area contributed by atoms with E-state index in [1.165, 1.54) is 0 Å². The first-order valence-electron chi connectivity index (χ1n) is 6.47. The molecule has 0 unspecified atom stereocenters. The van der Waals surface area contributed by atoms with Crippen LogP contribution in [0.3, 0.4) is 0 Å². The van der Waals surface area contributed by atoms with Crippen molar-refractivity contribution in [1.29, 1.82) is 0 Å². The highest BCUT2D eigenvalue weighted by molar-refractivity contribution is 4.83. The molecule has 0 saturated carbocycles. The zero-order valence-electron chi connectivity index (χ0n) is 11.1. The molecule has 1 aliphatic heterocycles. The molecule has 17 heavy (non-hydrogen) atoms. The lowest BCUT2D eigenvalue weighted by Gasteiger charge is -2.37. The van der Waals surface area contributed by atoms with Crippen molar-refractivity contribution in [1.82, 2.24) is 10.2 Å². The summed E-state index contributed by atoms with van der Waals surface area (Å²) in [5, 5.41) is 3.29. The maximum Gasteiger partial charge on any atom is 0.0701 e. The van der Waals surface area contributed by atoms with Crippen LogP contribution in [0.15, 0.2) is 0 Å². The van der Waals surface area contributed by atoms with Gasteiger partial charge < -0.3 is 19.5 Å². The van der Waals surface area contributed by atoms with E-state index in [0.29, 0.717) is 32.5 Å². The van der Waals surface area contributed by atoms with E-state index in [4.69, 9.17) is 14.2 Å². The maximum absolute atomic E-state index is 5.54. The molecular formula is C12H26N2O3. The lowest BCUT2D eigenvalue weighted by atomic mass is 10.1. The second kappa shape index (κ2) is 9.79. The van der Waals surface area contributed by atoms with Crippen LogP contribution in [0, 0.1) is 0 Å². The fraction of sp³-hybridized carbons (Fsp3) is 1.00. The molecule has 0 spiro atoms. The lowest BCUT2D eigenvalue weighted by molar-refractivity contribution is 0.0146. The molecule has 1 fully saturated rings. The van der Waals surface area contributed by atoms with Crippen LogP contribution in [0.1, 0.15) is 6.92 Å². The van der Waals surface area contributed by atoms with Crippen molar-refractivity contribution in [3.63, 3.8) is 0 Å². The number of likely N-dealkylation sites (N-methyl/N-ethyl adjacent to an activating group) is 1. The van der Waals surface area contributed by atoms with Crippen LogP contribution in [-0.4, -0.2) is 77.3 Å². The van der Waals surface area contributed by atoms with Crippen LogP contribution in [0.4, 0.5) is 0 Å². The summed E-state index contributed by atoms with van der Waals surface area (Å²) in [6, 6.07) is 0.710. The van der Waals surface area contributed by atoms with E-state index < -0.39 is 0 Å². The van der Waals surface area contributed by atoms with Crippen LogP contribution >= 0.6 is 0 Å². The predicted molar refractivity (Wildman–Crippen MR) is 67.4 cm³/mol. The van der Waals surface area contributed by atoms with Crippen LogP contribution < -0.4 is 5.32 Å². The van der Waals surface area contributed by atoms with Crippen molar-refractivity contribution in [3.8, 4) is 0 Å². The smallest absolute Gasteiger partial charge is 0.0701 e. The van der Waals surface area contributed by atoms with Crippen molar-refractivity contribution in [2.75, 3.05) is 66.3 Å². The molecule has 0 amide bonds. The highest BCUT2D eigenvalue weighted by atomic mass is 16.5. The number of ether oxygens (including phenoxy) is 3. The van der Waals surface area contributed by atoms with Gasteiger partial charge in [-0.2, -0.15) is 0 Å². The summed E-state index contributed by atoms with van der Waals surface area (Å²) in [7, 11) is 1.68. The van der Waals surface area contributed by atoms with E-state index in [-0.39, 0.29) is 0 Å². The minimum atomic E-state index is 0.648. The molecule has 1 N–H and O–H groups in total. The van der Waals surface area contributed by atoms with Gasteiger partial charge in [0, 0.05) is 32.8 Å². The highest BCUT2D eigenvalue weighted by Crippen LogP contribution is 2.03. The van der Waals surface area contributed by atoms with Gasteiger partial charge in [0.05, 0.1) is 33.0 Å². The molecule has 5 nitrogen and oxygen atoms in total. The fourth-order valence-electron chi connectivity index (χ4n) is 1.78. The molecule has 0 radical (unpaired) electrons. The van der Waals surface area contributed by atoms with E-state index in [9.17, 15) is 0 Å². The van der Waals surface area contributed by atoms with Crippen LogP contribution in [0.2, 0.25) is 0 Å². The van der Waals surface area contributed by atoms with Gasteiger partial charge in [-0.15, -0.1) is 0 Å². The molecule has 1 aliphatic rings. The lowest BCUT2D eigenvalue weighted by Crippen LogP contribution is -2.57. The normalized spacial score (nSPS) is 16.4. The third kappa shape index (κ3) is 6.33. The third-order valence-electron chi connectivity index (χ3n) is 3.01. The number of methoxy groups -OCH3 is 1. The highest BCUT2D eigenvalue weighted by Gasteiger charge is 2.22. The van der Waals surface area contributed by atoms with Gasteiger partial charge in [0.15, 0.2) is 0 Å². The predicted octanol–water partition coefficient (Wildman–Crippen LogP) is -0.0403. The molecule has 0 aliphatic carbocycles. The Morgan fingerprint density at radius 3 is 2.24 bits per heavy atom. The Hall–Kier alpha value is -0.200. The molecule has 102 valence electrons. The molecule has 0 atom stereocenters. The third-order valence-corrected chi connectivity index (χ3v) is 3.01. The Kier molecular flexibility index (Phi) is 8.56. The largest absolute Gasteiger partial charge is 0.382 e. The summed E-state index contributed by atoms with van der Waals surface area (Å²) in [5.41, 5.74) is 0. The zero-order chi connectivity index (χ0) is 12.3. The average Bonchev–Trinajstić information content (AvgIpc) is 2.28. The summed E-state index contributed by atoms with van der Waals surface area (Å²) in [6.45, 7) is 9.96. The van der Waals surface area contributed by atoms with Gasteiger partial charge in [-0.3, -0.25) is 4.90 Å². The van der Waals surface area contributed by atoms with Gasteiger partial charge in [-0.05, 0) is 6.54 Å². The van der Waals surface area contributed by atoms with Gasteiger partial charge in [0.25, 0.3) is 0 Å². The Morgan fingerprint density at radius 1 is 1.06 bits per heavy atom. The van der Waals surface area contributed by atoms with Crippen molar-refractivity contribution in [3.05, 3.63) is 0 Å². The maximum atomic E-state index is 5.54. The Bertz CT molecular complexity index is 177. The topological polar surface area (TPSA) is 43.0 Å². The minimum Gasteiger partial charge on any atom is -0.382 e. The molecule has 5 heteroatoms. The number of nitrogens with zero attached hydrogens (tertiary/aromatic N) is 1. The Labute approximate surface area is 104 Å². The summed E-state index contributed by atoms with van der Waals surface area (Å²) < 4.78 is 15.7. The minimum absolute atomic E-state index is 0.648. The molecule has 1 rings (SSSR count). The van der Waals surface area contributed by atoms with E-state index in [1.807, 2.05) is 0 Å². The summed E-state index contributed by atoms with van der Waals surface area (Å²) in [6.07, 6.45) is 0. The fourth-order valence-corrected chi connectivity index (χ4v) is 1.78. The first kappa shape index (κ1) is 14.9. The summed E-state index contributed by atoms with van der Waals surface area (Å²) >= 11 is 0. The number of hydrogen-bond acceptors (Lipinski definition) is 5. The average molecular weight is 246 g/mol. The van der Waals surface area contributed by atoms with E-state index >= 15 is 0 Å². The quantitative estimate of drug-likeness (QED) is 0.518. The second-order valence-electron chi connectivity index (χ2n) is 4.16. The molecule has 1 heterocycles. The van der Waals surface area contributed by atoms with E-state index in [2.05, 4.69) is 17.1 Å². The molecule has 1 saturated heterocycles. The van der Waals surface area contributed by atoms with Crippen molar-refractivity contribution < 1.29 is 14.2 Å². The summed E-state index contributed by atoms with van der Waals surface area (Å²) in [5.74, 6) is 0. The van der Waals surface area contributed by atoms with Gasteiger partial charge in [-0.25, -0.2) is 0 Å². The summed E-state index contributed by atoms with van der Waals surface area (Å²) in [4.78, 5) is 2.46. The zero-order valence-corrected chi connectivity index (χ0v) is 11.1. The van der Waals surface area contributed by atoms with Crippen molar-refractivity contribution in [2.24, 2.45) is 0 Å². The van der Waals surface area contributed by atoms with Gasteiger partial charge in [0.2, 0.25) is 0 Å². The van der Waals surface area contributed by atoms with E-state index in [0.717, 1.165) is 32.8 Å². The SMILES string of the molecule is CCN(CCOCCOCCOC)C1CNC1.